The number of thiazole rings is 1. The lowest BCUT2D eigenvalue weighted by molar-refractivity contribution is -0.140. The van der Waals surface area contributed by atoms with Gasteiger partial charge in [0.1, 0.15) is 0 Å². The highest BCUT2D eigenvalue weighted by Crippen LogP contribution is 2.11. The van der Waals surface area contributed by atoms with Crippen LogP contribution in [0.25, 0.3) is 0 Å². The third-order valence-electron chi connectivity index (χ3n) is 1.32. The Morgan fingerprint density at radius 1 is 1.75 bits per heavy atom. The number of rotatable bonds is 3. The molecule has 1 heterocycles. The molecule has 0 aliphatic heterocycles. The fourth-order valence-corrected chi connectivity index (χ4v) is 1.59. The van der Waals surface area contributed by atoms with Gasteiger partial charge in [-0.05, 0) is 6.92 Å². The van der Waals surface area contributed by atoms with Gasteiger partial charge >= 0.3 is 5.97 Å². The van der Waals surface area contributed by atoms with Gasteiger partial charge in [0.05, 0.1) is 11.6 Å². The number of esters is 1. The minimum absolute atomic E-state index is 0.226. The molecule has 0 aliphatic rings. The Balaban J connectivity index is 2.29. The first-order valence-corrected chi connectivity index (χ1v) is 4.55. The maximum atomic E-state index is 10.4. The highest BCUT2D eigenvalue weighted by atomic mass is 32.1. The van der Waals surface area contributed by atoms with Crippen LogP contribution in [0.4, 0.5) is 0 Å². The average molecular weight is 185 g/mol. The van der Waals surface area contributed by atoms with Crippen molar-refractivity contribution in [3.8, 4) is 0 Å². The van der Waals surface area contributed by atoms with Crippen LogP contribution < -0.4 is 0 Å². The summed E-state index contributed by atoms with van der Waals surface area (Å²) in [6.07, 6.45) is 2.59. The summed E-state index contributed by atoms with van der Waals surface area (Å²) in [7, 11) is 0. The largest absolute Gasteiger partial charge is 0.465 e. The predicted molar refractivity (Wildman–Crippen MR) is 47.2 cm³/mol. The first kappa shape index (κ1) is 9.19. The zero-order chi connectivity index (χ0) is 8.97. The van der Waals surface area contributed by atoms with Crippen molar-refractivity contribution in [3.05, 3.63) is 16.1 Å². The second kappa shape index (κ2) is 4.21. The lowest BCUT2D eigenvalue weighted by Gasteiger charge is -1.97. The second-order valence-corrected chi connectivity index (χ2v) is 3.75. The molecule has 0 radical (unpaired) electrons. The van der Waals surface area contributed by atoms with Crippen molar-refractivity contribution >= 4 is 17.3 Å². The first-order chi connectivity index (χ1) is 5.68. The molecule has 66 valence electrons. The molecule has 12 heavy (non-hydrogen) atoms. The lowest BCUT2D eigenvalue weighted by atomic mass is 10.4. The van der Waals surface area contributed by atoms with E-state index in [2.05, 4.69) is 4.98 Å². The number of hydrogen-bond donors (Lipinski definition) is 0. The van der Waals surface area contributed by atoms with Gasteiger partial charge < -0.3 is 4.74 Å². The summed E-state index contributed by atoms with van der Waals surface area (Å²) in [5.41, 5.74) is 0. The predicted octanol–water partition coefficient (Wildman–Crippen LogP) is 1.56. The molecule has 1 rings (SSSR count). The Hall–Kier alpha value is -0.900. The van der Waals surface area contributed by atoms with Gasteiger partial charge in [-0.1, -0.05) is 0 Å². The number of aryl methyl sites for hydroxylation is 1. The molecule has 0 N–H and O–H groups in total. The van der Waals surface area contributed by atoms with Crippen molar-refractivity contribution in [1.29, 1.82) is 0 Å². The van der Waals surface area contributed by atoms with Crippen molar-refractivity contribution in [2.75, 3.05) is 6.61 Å². The number of hydrogen-bond acceptors (Lipinski definition) is 4. The van der Waals surface area contributed by atoms with Crippen LogP contribution in [-0.4, -0.2) is 17.6 Å². The Morgan fingerprint density at radius 2 is 2.50 bits per heavy atom. The quantitative estimate of drug-likeness (QED) is 0.671. The van der Waals surface area contributed by atoms with Crippen LogP contribution in [0.15, 0.2) is 6.20 Å². The monoisotopic (exact) mass is 185 g/mol. The van der Waals surface area contributed by atoms with Gasteiger partial charge in [-0.15, -0.1) is 11.3 Å². The SMILES string of the molecule is CC(=O)OCCc1cnc(C)s1. The molecule has 0 spiro atoms. The first-order valence-electron chi connectivity index (χ1n) is 3.73. The summed E-state index contributed by atoms with van der Waals surface area (Å²) >= 11 is 1.64. The summed E-state index contributed by atoms with van der Waals surface area (Å²) in [4.78, 5) is 15.7. The molecule has 0 unspecified atom stereocenters. The Bertz CT molecular complexity index is 270. The van der Waals surface area contributed by atoms with E-state index in [1.165, 1.54) is 6.92 Å². The van der Waals surface area contributed by atoms with E-state index in [9.17, 15) is 4.79 Å². The lowest BCUT2D eigenvalue weighted by Crippen LogP contribution is -2.02. The highest BCUT2D eigenvalue weighted by molar-refractivity contribution is 7.11. The maximum Gasteiger partial charge on any atom is 0.302 e. The van der Waals surface area contributed by atoms with Crippen LogP contribution in [0.5, 0.6) is 0 Å². The third kappa shape index (κ3) is 3.00. The van der Waals surface area contributed by atoms with Gasteiger partial charge in [-0.3, -0.25) is 4.79 Å². The van der Waals surface area contributed by atoms with E-state index in [0.717, 1.165) is 16.3 Å². The summed E-state index contributed by atoms with van der Waals surface area (Å²) in [6.45, 7) is 3.83. The van der Waals surface area contributed by atoms with Crippen molar-refractivity contribution in [2.24, 2.45) is 0 Å². The van der Waals surface area contributed by atoms with Gasteiger partial charge in [0.15, 0.2) is 0 Å². The number of aromatic nitrogens is 1. The molecule has 1 aromatic rings. The van der Waals surface area contributed by atoms with Crippen LogP contribution in [0.2, 0.25) is 0 Å². The fraction of sp³-hybridized carbons (Fsp3) is 0.500. The van der Waals surface area contributed by atoms with Crippen LogP contribution in [0, 0.1) is 6.92 Å². The van der Waals surface area contributed by atoms with Gasteiger partial charge in [-0.25, -0.2) is 4.98 Å². The van der Waals surface area contributed by atoms with Crippen LogP contribution in [-0.2, 0) is 16.0 Å². The summed E-state index contributed by atoms with van der Waals surface area (Å²) in [5.74, 6) is -0.226. The van der Waals surface area contributed by atoms with E-state index >= 15 is 0 Å². The Morgan fingerprint density at radius 3 is 3.00 bits per heavy atom. The molecule has 0 fully saturated rings. The fourth-order valence-electron chi connectivity index (χ4n) is 0.816. The smallest absolute Gasteiger partial charge is 0.302 e. The number of nitrogens with zero attached hydrogens (tertiary/aromatic N) is 1. The molecular formula is C8H11NO2S. The second-order valence-electron chi connectivity index (χ2n) is 2.44. The minimum atomic E-state index is -0.226. The molecular weight excluding hydrogens is 174 g/mol. The van der Waals surface area contributed by atoms with E-state index in [-0.39, 0.29) is 5.97 Å². The van der Waals surface area contributed by atoms with Gasteiger partial charge in [0.25, 0.3) is 0 Å². The van der Waals surface area contributed by atoms with Crippen molar-refractivity contribution < 1.29 is 9.53 Å². The van der Waals surface area contributed by atoms with Gasteiger partial charge in [0.2, 0.25) is 0 Å². The minimum Gasteiger partial charge on any atom is -0.465 e. The van der Waals surface area contributed by atoms with Crippen molar-refractivity contribution in [2.45, 2.75) is 20.3 Å². The maximum absolute atomic E-state index is 10.4. The summed E-state index contributed by atoms with van der Waals surface area (Å²) < 4.78 is 4.80. The topological polar surface area (TPSA) is 39.2 Å². The summed E-state index contributed by atoms with van der Waals surface area (Å²) in [5, 5.41) is 1.05. The zero-order valence-electron chi connectivity index (χ0n) is 7.16. The van der Waals surface area contributed by atoms with Gasteiger partial charge in [0, 0.05) is 24.4 Å². The normalized spacial score (nSPS) is 9.83. The van der Waals surface area contributed by atoms with Crippen LogP contribution >= 0.6 is 11.3 Å². The molecule has 4 heteroatoms. The van der Waals surface area contributed by atoms with Crippen LogP contribution in [0.1, 0.15) is 16.8 Å². The molecule has 0 aliphatic carbocycles. The standard InChI is InChI=1S/C8H11NO2S/c1-6-9-5-8(12-6)3-4-11-7(2)10/h5H,3-4H2,1-2H3. The number of carbonyl (C=O) groups is 1. The van der Waals surface area contributed by atoms with Gasteiger partial charge in [-0.2, -0.15) is 0 Å². The molecule has 0 saturated carbocycles. The Kier molecular flexibility index (Phi) is 3.22. The number of carbonyl (C=O) groups excluding carboxylic acids is 1. The molecule has 0 atom stereocenters. The molecule has 1 aromatic heterocycles. The Labute approximate surface area is 75.4 Å². The van der Waals surface area contributed by atoms with E-state index < -0.39 is 0 Å². The molecule has 3 nitrogen and oxygen atoms in total. The van der Waals surface area contributed by atoms with E-state index in [0.29, 0.717) is 6.61 Å². The third-order valence-corrected chi connectivity index (χ3v) is 2.30. The molecule has 0 aromatic carbocycles. The zero-order valence-corrected chi connectivity index (χ0v) is 7.98. The van der Waals surface area contributed by atoms with Crippen molar-refractivity contribution in [3.63, 3.8) is 0 Å². The molecule has 0 saturated heterocycles. The number of ether oxygens (including phenoxy) is 1. The van der Waals surface area contributed by atoms with E-state index in [1.807, 2.05) is 13.1 Å². The van der Waals surface area contributed by atoms with Crippen molar-refractivity contribution in [1.82, 2.24) is 4.98 Å². The van der Waals surface area contributed by atoms with Crippen LogP contribution in [0.3, 0.4) is 0 Å². The highest BCUT2D eigenvalue weighted by Gasteiger charge is 1.98. The van der Waals surface area contributed by atoms with E-state index in [4.69, 9.17) is 4.74 Å². The average Bonchev–Trinajstić information content (AvgIpc) is 2.35. The van der Waals surface area contributed by atoms with E-state index in [1.54, 1.807) is 11.3 Å². The molecule has 0 bridgehead atoms. The summed E-state index contributed by atoms with van der Waals surface area (Å²) in [6, 6.07) is 0. The molecule has 0 amide bonds.